The highest BCUT2D eigenvalue weighted by Gasteiger charge is 2.23. The fraction of sp³-hybridized carbons (Fsp3) is 0.667. The Balaban J connectivity index is 2.23. The third-order valence-electron chi connectivity index (χ3n) is 2.99. The number of carboxylic acid groups (broad SMARTS) is 1. The van der Waals surface area contributed by atoms with Crippen molar-refractivity contribution in [1.29, 1.82) is 0 Å². The standard InChI is InChI=1S/C12H20N2O3/c1-2-3-6-13-12(17)14-7-4-10(5-8-14)9-11(15)16/h2,10H,1,3-9H2,(H,13,17)(H,15,16). The molecular weight excluding hydrogens is 220 g/mol. The molecule has 1 rings (SSSR count). The lowest BCUT2D eigenvalue weighted by atomic mass is 9.94. The molecule has 0 saturated carbocycles. The van der Waals surface area contributed by atoms with Gasteiger partial charge in [0.2, 0.25) is 0 Å². The number of aliphatic carboxylic acids is 1. The molecule has 0 aliphatic carbocycles. The summed E-state index contributed by atoms with van der Waals surface area (Å²) < 4.78 is 0. The molecule has 0 aromatic carbocycles. The van der Waals surface area contributed by atoms with Crippen LogP contribution in [-0.2, 0) is 4.79 Å². The van der Waals surface area contributed by atoms with Crippen LogP contribution in [-0.4, -0.2) is 41.6 Å². The number of hydrogen-bond acceptors (Lipinski definition) is 2. The van der Waals surface area contributed by atoms with Crippen molar-refractivity contribution < 1.29 is 14.7 Å². The smallest absolute Gasteiger partial charge is 0.317 e. The Morgan fingerprint density at radius 1 is 1.41 bits per heavy atom. The summed E-state index contributed by atoms with van der Waals surface area (Å²) >= 11 is 0. The summed E-state index contributed by atoms with van der Waals surface area (Å²) in [5, 5.41) is 11.5. The Morgan fingerprint density at radius 3 is 2.59 bits per heavy atom. The summed E-state index contributed by atoms with van der Waals surface area (Å²) in [5.41, 5.74) is 0. The van der Waals surface area contributed by atoms with Gasteiger partial charge in [-0.2, -0.15) is 0 Å². The minimum atomic E-state index is -0.751. The van der Waals surface area contributed by atoms with Crippen LogP contribution < -0.4 is 5.32 Å². The topological polar surface area (TPSA) is 69.6 Å². The molecule has 0 spiro atoms. The third kappa shape index (κ3) is 4.89. The van der Waals surface area contributed by atoms with Gasteiger partial charge in [0, 0.05) is 26.1 Å². The molecule has 96 valence electrons. The predicted octanol–water partition coefficient (Wildman–Crippen LogP) is 1.46. The van der Waals surface area contributed by atoms with E-state index in [1.54, 1.807) is 11.0 Å². The lowest BCUT2D eigenvalue weighted by Gasteiger charge is -2.31. The summed E-state index contributed by atoms with van der Waals surface area (Å²) in [6.07, 6.45) is 4.30. The number of nitrogens with zero attached hydrogens (tertiary/aromatic N) is 1. The van der Waals surface area contributed by atoms with E-state index in [0.717, 1.165) is 19.3 Å². The fourth-order valence-corrected chi connectivity index (χ4v) is 1.98. The average molecular weight is 240 g/mol. The molecule has 0 atom stereocenters. The second-order valence-electron chi connectivity index (χ2n) is 4.34. The lowest BCUT2D eigenvalue weighted by Crippen LogP contribution is -2.44. The second kappa shape index (κ2) is 6.93. The molecule has 1 fully saturated rings. The van der Waals surface area contributed by atoms with Crippen molar-refractivity contribution in [2.75, 3.05) is 19.6 Å². The highest BCUT2D eigenvalue weighted by molar-refractivity contribution is 5.74. The summed E-state index contributed by atoms with van der Waals surface area (Å²) in [5.74, 6) is -0.538. The maximum atomic E-state index is 11.7. The Kier molecular flexibility index (Phi) is 5.52. The zero-order chi connectivity index (χ0) is 12.7. The van der Waals surface area contributed by atoms with E-state index in [1.807, 2.05) is 0 Å². The van der Waals surface area contributed by atoms with Gasteiger partial charge in [0.25, 0.3) is 0 Å². The Morgan fingerprint density at radius 2 is 2.06 bits per heavy atom. The van der Waals surface area contributed by atoms with Gasteiger partial charge in [-0.05, 0) is 25.2 Å². The van der Waals surface area contributed by atoms with Gasteiger partial charge in [-0.25, -0.2) is 4.79 Å². The largest absolute Gasteiger partial charge is 0.481 e. The van der Waals surface area contributed by atoms with Gasteiger partial charge in [0.05, 0.1) is 0 Å². The monoisotopic (exact) mass is 240 g/mol. The Bertz CT molecular complexity index is 283. The minimum absolute atomic E-state index is 0.0550. The lowest BCUT2D eigenvalue weighted by molar-refractivity contribution is -0.138. The van der Waals surface area contributed by atoms with Crippen LogP contribution in [0.2, 0.25) is 0 Å². The first-order valence-corrected chi connectivity index (χ1v) is 5.99. The number of carbonyl (C=O) groups is 2. The van der Waals surface area contributed by atoms with Gasteiger partial charge < -0.3 is 15.3 Å². The van der Waals surface area contributed by atoms with Crippen molar-refractivity contribution in [3.05, 3.63) is 12.7 Å². The first kappa shape index (κ1) is 13.5. The van der Waals surface area contributed by atoms with E-state index in [2.05, 4.69) is 11.9 Å². The molecule has 5 nitrogen and oxygen atoms in total. The number of rotatable bonds is 5. The summed E-state index contributed by atoms with van der Waals surface area (Å²) in [6, 6.07) is -0.0550. The molecule has 1 saturated heterocycles. The average Bonchev–Trinajstić information content (AvgIpc) is 2.29. The molecule has 2 N–H and O–H groups in total. The molecule has 17 heavy (non-hydrogen) atoms. The van der Waals surface area contributed by atoms with Gasteiger partial charge in [-0.3, -0.25) is 4.79 Å². The second-order valence-corrected chi connectivity index (χ2v) is 4.34. The van der Waals surface area contributed by atoms with Crippen molar-refractivity contribution in [2.45, 2.75) is 25.7 Å². The van der Waals surface area contributed by atoms with Crippen LogP contribution in [0.5, 0.6) is 0 Å². The van der Waals surface area contributed by atoms with Gasteiger partial charge in [-0.1, -0.05) is 6.08 Å². The van der Waals surface area contributed by atoms with E-state index in [1.165, 1.54) is 0 Å². The highest BCUT2D eigenvalue weighted by Crippen LogP contribution is 2.20. The fourth-order valence-electron chi connectivity index (χ4n) is 1.98. The number of amides is 2. The number of urea groups is 1. The van der Waals surface area contributed by atoms with E-state index in [0.29, 0.717) is 19.6 Å². The van der Waals surface area contributed by atoms with Crippen LogP contribution in [0.15, 0.2) is 12.7 Å². The number of hydrogen-bond donors (Lipinski definition) is 2. The van der Waals surface area contributed by atoms with Crippen LogP contribution in [0.25, 0.3) is 0 Å². The Labute approximate surface area is 101 Å². The number of nitrogens with one attached hydrogen (secondary N) is 1. The van der Waals surface area contributed by atoms with Crippen molar-refractivity contribution in [2.24, 2.45) is 5.92 Å². The van der Waals surface area contributed by atoms with Crippen LogP contribution in [0.3, 0.4) is 0 Å². The molecule has 1 aliphatic rings. The zero-order valence-electron chi connectivity index (χ0n) is 10.0. The van der Waals surface area contributed by atoms with E-state index >= 15 is 0 Å². The normalized spacial score (nSPS) is 16.6. The first-order valence-electron chi connectivity index (χ1n) is 5.99. The van der Waals surface area contributed by atoms with E-state index < -0.39 is 5.97 Å². The van der Waals surface area contributed by atoms with Crippen molar-refractivity contribution in [3.63, 3.8) is 0 Å². The van der Waals surface area contributed by atoms with E-state index in [-0.39, 0.29) is 18.4 Å². The summed E-state index contributed by atoms with van der Waals surface area (Å²) in [4.78, 5) is 24.0. The molecule has 0 bridgehead atoms. The maximum absolute atomic E-state index is 11.7. The quantitative estimate of drug-likeness (QED) is 0.564. The third-order valence-corrected chi connectivity index (χ3v) is 2.99. The molecular formula is C12H20N2O3. The minimum Gasteiger partial charge on any atom is -0.481 e. The number of carboxylic acids is 1. The van der Waals surface area contributed by atoms with Gasteiger partial charge in [0.1, 0.15) is 0 Å². The van der Waals surface area contributed by atoms with Crippen LogP contribution in [0.1, 0.15) is 25.7 Å². The molecule has 0 unspecified atom stereocenters. The number of piperidine rings is 1. The van der Waals surface area contributed by atoms with Crippen molar-refractivity contribution in [1.82, 2.24) is 10.2 Å². The van der Waals surface area contributed by atoms with E-state index in [9.17, 15) is 9.59 Å². The van der Waals surface area contributed by atoms with Gasteiger partial charge in [-0.15, -0.1) is 6.58 Å². The summed E-state index contributed by atoms with van der Waals surface area (Å²) in [7, 11) is 0. The van der Waals surface area contributed by atoms with Crippen LogP contribution in [0, 0.1) is 5.92 Å². The van der Waals surface area contributed by atoms with Crippen molar-refractivity contribution >= 4 is 12.0 Å². The zero-order valence-corrected chi connectivity index (χ0v) is 10.0. The molecule has 1 aliphatic heterocycles. The van der Waals surface area contributed by atoms with Crippen LogP contribution >= 0.6 is 0 Å². The summed E-state index contributed by atoms with van der Waals surface area (Å²) in [6.45, 7) is 5.50. The maximum Gasteiger partial charge on any atom is 0.317 e. The van der Waals surface area contributed by atoms with Gasteiger partial charge >= 0.3 is 12.0 Å². The van der Waals surface area contributed by atoms with E-state index in [4.69, 9.17) is 5.11 Å². The molecule has 1 heterocycles. The molecule has 0 radical (unpaired) electrons. The molecule has 5 heteroatoms. The van der Waals surface area contributed by atoms with Crippen molar-refractivity contribution in [3.8, 4) is 0 Å². The number of carbonyl (C=O) groups excluding carboxylic acids is 1. The Hall–Kier alpha value is -1.52. The van der Waals surface area contributed by atoms with Crippen LogP contribution in [0.4, 0.5) is 4.79 Å². The molecule has 2 amide bonds. The molecule has 0 aromatic rings. The first-order chi connectivity index (χ1) is 8.13. The number of likely N-dealkylation sites (tertiary alicyclic amines) is 1. The molecule has 0 aromatic heterocycles. The van der Waals surface area contributed by atoms with Gasteiger partial charge in [0.15, 0.2) is 0 Å². The SMILES string of the molecule is C=CCCNC(=O)N1CCC(CC(=O)O)CC1. The highest BCUT2D eigenvalue weighted by atomic mass is 16.4. The predicted molar refractivity (Wildman–Crippen MR) is 64.8 cm³/mol.